The zero-order valence-corrected chi connectivity index (χ0v) is 16.0. The van der Waals surface area contributed by atoms with E-state index in [1.54, 1.807) is 0 Å². The van der Waals surface area contributed by atoms with Crippen LogP contribution in [-0.2, 0) is 24.3 Å². The third-order valence-electron chi connectivity index (χ3n) is 5.26. The molecule has 1 fully saturated rings. The minimum absolute atomic E-state index is 0.224. The summed E-state index contributed by atoms with van der Waals surface area (Å²) in [7, 11) is 1.94. The zero-order chi connectivity index (χ0) is 18.4. The van der Waals surface area contributed by atoms with Gasteiger partial charge in [0.25, 0.3) is 0 Å². The summed E-state index contributed by atoms with van der Waals surface area (Å²) in [6.07, 6.45) is 6.39. The largest absolute Gasteiger partial charge is 0.345 e. The Bertz CT molecular complexity index is 697. The number of hydrogen-bond acceptors (Lipinski definition) is 3. The number of carbonyl (C=O) groups is 1. The number of likely N-dealkylation sites (tertiary alicyclic amines) is 1. The average molecular weight is 354 g/mol. The van der Waals surface area contributed by atoms with E-state index in [0.29, 0.717) is 12.3 Å². The third-order valence-corrected chi connectivity index (χ3v) is 5.26. The summed E-state index contributed by atoms with van der Waals surface area (Å²) in [5, 5.41) is 0. The van der Waals surface area contributed by atoms with Gasteiger partial charge in [-0.15, -0.1) is 0 Å². The smallest absolute Gasteiger partial charge is 0.224 e. The van der Waals surface area contributed by atoms with Gasteiger partial charge in [-0.2, -0.15) is 0 Å². The molecule has 5 heteroatoms. The molecule has 1 saturated heterocycles. The second-order valence-electron chi connectivity index (χ2n) is 7.29. The fourth-order valence-corrected chi connectivity index (χ4v) is 3.80. The van der Waals surface area contributed by atoms with Crippen LogP contribution in [0.2, 0.25) is 0 Å². The van der Waals surface area contributed by atoms with Crippen LogP contribution in [0.25, 0.3) is 0 Å². The van der Waals surface area contributed by atoms with Gasteiger partial charge in [0, 0.05) is 58.5 Å². The normalized spacial score (nSPS) is 17.5. The van der Waals surface area contributed by atoms with Crippen LogP contribution >= 0.6 is 0 Å². The van der Waals surface area contributed by atoms with E-state index in [1.807, 2.05) is 24.3 Å². The topological polar surface area (TPSA) is 41.4 Å². The Morgan fingerprint density at radius 2 is 2.12 bits per heavy atom. The molecule has 0 aliphatic carbocycles. The Hall–Kier alpha value is -2.14. The van der Waals surface area contributed by atoms with E-state index in [4.69, 9.17) is 0 Å². The Morgan fingerprint density at radius 3 is 2.88 bits per heavy atom. The van der Waals surface area contributed by atoms with E-state index in [-0.39, 0.29) is 5.91 Å². The lowest BCUT2D eigenvalue weighted by Crippen LogP contribution is -2.33. The van der Waals surface area contributed by atoms with Gasteiger partial charge < -0.3 is 9.47 Å². The molecule has 0 bridgehead atoms. The number of imidazole rings is 1. The highest BCUT2D eigenvalue weighted by Crippen LogP contribution is 2.19. The molecule has 2 aromatic rings. The molecule has 1 aliphatic rings. The molecule has 0 saturated carbocycles. The molecule has 1 aliphatic heterocycles. The number of amides is 1. The number of aryl methyl sites for hydroxylation is 2. The third kappa shape index (κ3) is 4.94. The Labute approximate surface area is 156 Å². The van der Waals surface area contributed by atoms with E-state index in [2.05, 4.69) is 51.7 Å². The first-order valence-electron chi connectivity index (χ1n) is 9.66. The van der Waals surface area contributed by atoms with Crippen molar-refractivity contribution < 1.29 is 4.79 Å². The highest BCUT2D eigenvalue weighted by atomic mass is 16.2. The van der Waals surface area contributed by atoms with E-state index >= 15 is 0 Å². The molecule has 1 aromatic carbocycles. The first kappa shape index (κ1) is 18.6. The summed E-state index contributed by atoms with van der Waals surface area (Å²) < 4.78 is 2.09. The molecule has 0 N–H and O–H groups in total. The van der Waals surface area contributed by atoms with E-state index in [1.165, 1.54) is 12.0 Å². The maximum atomic E-state index is 12.5. The van der Waals surface area contributed by atoms with Crippen LogP contribution in [-0.4, -0.2) is 51.9 Å². The molecule has 0 spiro atoms. The van der Waals surface area contributed by atoms with Gasteiger partial charge in [0.05, 0.1) is 0 Å². The van der Waals surface area contributed by atoms with Crippen LogP contribution in [0.4, 0.5) is 0 Å². The van der Waals surface area contributed by atoms with Gasteiger partial charge >= 0.3 is 0 Å². The van der Waals surface area contributed by atoms with Crippen molar-refractivity contribution >= 4 is 5.91 Å². The molecule has 0 radical (unpaired) electrons. The Morgan fingerprint density at radius 1 is 1.31 bits per heavy atom. The molecule has 26 heavy (non-hydrogen) atoms. The van der Waals surface area contributed by atoms with E-state index in [0.717, 1.165) is 45.0 Å². The van der Waals surface area contributed by atoms with Crippen LogP contribution in [0.1, 0.15) is 31.2 Å². The lowest BCUT2D eigenvalue weighted by atomic mass is 10.1. The van der Waals surface area contributed by atoms with Crippen molar-refractivity contribution in [3.8, 4) is 0 Å². The minimum atomic E-state index is 0.224. The molecule has 3 rings (SSSR count). The summed E-state index contributed by atoms with van der Waals surface area (Å²) in [5.74, 6) is 1.85. The van der Waals surface area contributed by atoms with Gasteiger partial charge in [-0.3, -0.25) is 9.69 Å². The minimum Gasteiger partial charge on any atom is -0.345 e. The molecule has 1 amide bonds. The van der Waals surface area contributed by atoms with Crippen LogP contribution in [0, 0.1) is 5.92 Å². The predicted molar refractivity (Wildman–Crippen MR) is 104 cm³/mol. The number of benzene rings is 1. The van der Waals surface area contributed by atoms with Crippen LogP contribution < -0.4 is 0 Å². The fourth-order valence-electron chi connectivity index (χ4n) is 3.80. The molecular weight excluding hydrogens is 324 g/mol. The van der Waals surface area contributed by atoms with Crippen molar-refractivity contribution in [2.24, 2.45) is 5.92 Å². The number of hydrogen-bond donors (Lipinski definition) is 0. The zero-order valence-electron chi connectivity index (χ0n) is 16.0. The molecule has 140 valence electrons. The number of rotatable bonds is 8. The first-order chi connectivity index (χ1) is 12.7. The average Bonchev–Trinajstić information content (AvgIpc) is 3.29. The Balaban J connectivity index is 1.41. The van der Waals surface area contributed by atoms with Gasteiger partial charge in [0.15, 0.2) is 0 Å². The van der Waals surface area contributed by atoms with Crippen molar-refractivity contribution in [2.75, 3.05) is 26.7 Å². The van der Waals surface area contributed by atoms with Gasteiger partial charge in [-0.25, -0.2) is 4.98 Å². The molecule has 1 atom stereocenters. The predicted octanol–water partition coefficient (Wildman–Crippen LogP) is 2.82. The Kier molecular flexibility index (Phi) is 6.45. The van der Waals surface area contributed by atoms with Gasteiger partial charge in [0.1, 0.15) is 5.82 Å². The maximum Gasteiger partial charge on any atom is 0.224 e. The standard InChI is InChI=1S/C21H30N4O/c1-3-20-22-11-14-25(20)13-10-21(26)23(2)15-19-9-12-24(17-19)16-18-7-5-4-6-8-18/h4-8,11,14,19H,3,9-10,12-13,15-17H2,1-2H3. The quantitative estimate of drug-likeness (QED) is 0.732. The van der Waals surface area contributed by atoms with E-state index < -0.39 is 0 Å². The molecular formula is C21H30N4O. The fraction of sp³-hybridized carbons (Fsp3) is 0.524. The van der Waals surface area contributed by atoms with Crippen LogP contribution in [0.3, 0.4) is 0 Å². The maximum absolute atomic E-state index is 12.5. The summed E-state index contributed by atoms with van der Waals surface area (Å²) in [4.78, 5) is 21.2. The highest BCUT2D eigenvalue weighted by molar-refractivity contribution is 5.75. The summed E-state index contributed by atoms with van der Waals surface area (Å²) in [6, 6.07) is 10.6. The lowest BCUT2D eigenvalue weighted by molar-refractivity contribution is -0.130. The van der Waals surface area contributed by atoms with Crippen molar-refractivity contribution in [1.82, 2.24) is 19.4 Å². The summed E-state index contributed by atoms with van der Waals surface area (Å²) in [5.41, 5.74) is 1.37. The lowest BCUT2D eigenvalue weighted by Gasteiger charge is -2.22. The number of nitrogens with zero attached hydrogens (tertiary/aromatic N) is 4. The monoisotopic (exact) mass is 354 g/mol. The SMILES string of the molecule is CCc1nccn1CCC(=O)N(C)CC1CCN(Cc2ccccc2)C1. The van der Waals surface area contributed by atoms with Crippen molar-refractivity contribution in [1.29, 1.82) is 0 Å². The van der Waals surface area contributed by atoms with E-state index in [9.17, 15) is 4.79 Å². The summed E-state index contributed by atoms with van der Waals surface area (Å²) >= 11 is 0. The van der Waals surface area contributed by atoms with Crippen molar-refractivity contribution in [3.05, 3.63) is 54.1 Å². The van der Waals surface area contributed by atoms with Gasteiger partial charge in [0.2, 0.25) is 5.91 Å². The second kappa shape index (κ2) is 8.99. The number of carbonyl (C=O) groups excluding carboxylic acids is 1. The molecule has 1 aromatic heterocycles. The molecule has 5 nitrogen and oxygen atoms in total. The summed E-state index contributed by atoms with van der Waals surface area (Å²) in [6.45, 7) is 6.87. The van der Waals surface area contributed by atoms with Gasteiger partial charge in [-0.1, -0.05) is 37.3 Å². The highest BCUT2D eigenvalue weighted by Gasteiger charge is 2.24. The van der Waals surface area contributed by atoms with Crippen LogP contribution in [0.15, 0.2) is 42.7 Å². The molecule has 1 unspecified atom stereocenters. The van der Waals surface area contributed by atoms with Gasteiger partial charge in [-0.05, 0) is 24.4 Å². The van der Waals surface area contributed by atoms with Crippen molar-refractivity contribution in [2.45, 2.75) is 39.3 Å². The first-order valence-corrected chi connectivity index (χ1v) is 9.66. The number of aromatic nitrogens is 2. The second-order valence-corrected chi connectivity index (χ2v) is 7.29. The molecule has 2 heterocycles. The van der Waals surface area contributed by atoms with Crippen LogP contribution in [0.5, 0.6) is 0 Å². The van der Waals surface area contributed by atoms with Crippen molar-refractivity contribution in [3.63, 3.8) is 0 Å².